The Morgan fingerprint density at radius 2 is 1.86 bits per heavy atom. The van der Waals surface area contributed by atoms with Gasteiger partial charge in [0.2, 0.25) is 0 Å². The van der Waals surface area contributed by atoms with Gasteiger partial charge in [-0.1, -0.05) is 48.5 Å². The summed E-state index contributed by atoms with van der Waals surface area (Å²) in [6.07, 6.45) is 5.59. The number of aromatic nitrogens is 1. The van der Waals surface area contributed by atoms with E-state index in [0.717, 1.165) is 43.4 Å². The Bertz CT molecular complexity index is 963. The number of nitrogens with one attached hydrogen (secondary N) is 1. The van der Waals surface area contributed by atoms with Crippen LogP contribution in [0.2, 0.25) is 0 Å². The Balaban J connectivity index is 1.26. The van der Waals surface area contributed by atoms with Crippen LogP contribution in [0.4, 0.5) is 0 Å². The van der Waals surface area contributed by atoms with Crippen LogP contribution in [0.1, 0.15) is 28.8 Å². The summed E-state index contributed by atoms with van der Waals surface area (Å²) >= 11 is 0. The van der Waals surface area contributed by atoms with Crippen LogP contribution in [0.5, 0.6) is 0 Å². The number of carbonyl (C=O) groups is 1. The highest BCUT2D eigenvalue weighted by atomic mass is 16.2. The monoisotopic (exact) mass is 372 g/mol. The largest absolute Gasteiger partial charge is 0.299 e. The zero-order valence-corrected chi connectivity index (χ0v) is 15.8. The summed E-state index contributed by atoms with van der Waals surface area (Å²) in [7, 11) is 0. The van der Waals surface area contributed by atoms with Crippen molar-refractivity contribution in [1.29, 1.82) is 0 Å². The van der Waals surface area contributed by atoms with E-state index < -0.39 is 0 Å². The molecule has 4 rings (SSSR count). The van der Waals surface area contributed by atoms with Crippen LogP contribution in [0, 0.1) is 5.92 Å². The van der Waals surface area contributed by atoms with E-state index in [2.05, 4.69) is 50.7 Å². The van der Waals surface area contributed by atoms with Gasteiger partial charge in [-0.25, -0.2) is 5.43 Å². The molecule has 2 heterocycles. The predicted octanol–water partition coefficient (Wildman–Crippen LogP) is 3.86. The Morgan fingerprint density at radius 3 is 2.68 bits per heavy atom. The molecule has 0 radical (unpaired) electrons. The van der Waals surface area contributed by atoms with Crippen molar-refractivity contribution < 1.29 is 4.79 Å². The minimum atomic E-state index is -0.226. The maximum absolute atomic E-state index is 12.3. The second-order valence-corrected chi connectivity index (χ2v) is 7.23. The topological polar surface area (TPSA) is 57.6 Å². The van der Waals surface area contributed by atoms with E-state index in [1.165, 1.54) is 5.56 Å². The molecule has 0 spiro atoms. The number of fused-ring (bicyclic) bond motifs is 1. The molecule has 1 fully saturated rings. The third-order valence-corrected chi connectivity index (χ3v) is 5.19. The Morgan fingerprint density at radius 1 is 1.11 bits per heavy atom. The van der Waals surface area contributed by atoms with Crippen molar-refractivity contribution in [2.75, 3.05) is 13.1 Å². The van der Waals surface area contributed by atoms with E-state index in [0.29, 0.717) is 11.5 Å². The van der Waals surface area contributed by atoms with Gasteiger partial charge in [0, 0.05) is 24.3 Å². The molecule has 28 heavy (non-hydrogen) atoms. The second kappa shape index (κ2) is 8.76. The lowest BCUT2D eigenvalue weighted by Gasteiger charge is -2.30. The van der Waals surface area contributed by atoms with Gasteiger partial charge in [-0.15, -0.1) is 0 Å². The molecule has 1 aliphatic heterocycles. The molecule has 2 aromatic carbocycles. The fraction of sp³-hybridized carbons (Fsp3) is 0.261. The molecular formula is C23H24N4O. The predicted molar refractivity (Wildman–Crippen MR) is 112 cm³/mol. The van der Waals surface area contributed by atoms with Gasteiger partial charge in [0.1, 0.15) is 0 Å². The molecule has 1 aliphatic rings. The number of rotatable bonds is 5. The maximum atomic E-state index is 12.3. The van der Waals surface area contributed by atoms with Crippen molar-refractivity contribution in [3.05, 3.63) is 78.0 Å². The molecule has 5 nitrogen and oxygen atoms in total. The van der Waals surface area contributed by atoms with Crippen LogP contribution in [-0.2, 0) is 6.54 Å². The standard InChI is InChI=1S/C23H24N4O/c28-23(21-14-20-8-4-5-9-22(20)24-16-21)26-25-15-18-10-12-27(13-11-18)17-19-6-2-1-3-7-19/h1-9,14-16,18H,10-13,17H2,(H,26,28). The van der Waals surface area contributed by atoms with Crippen LogP contribution in [-0.4, -0.2) is 35.1 Å². The van der Waals surface area contributed by atoms with Gasteiger partial charge < -0.3 is 0 Å². The lowest BCUT2D eigenvalue weighted by Crippen LogP contribution is -2.34. The van der Waals surface area contributed by atoms with Crippen molar-refractivity contribution in [3.8, 4) is 0 Å². The van der Waals surface area contributed by atoms with E-state index in [-0.39, 0.29) is 5.91 Å². The van der Waals surface area contributed by atoms with E-state index in [9.17, 15) is 4.79 Å². The van der Waals surface area contributed by atoms with Gasteiger partial charge in [-0.05, 0) is 49.5 Å². The molecule has 1 saturated heterocycles. The van der Waals surface area contributed by atoms with Crippen molar-refractivity contribution in [2.45, 2.75) is 19.4 Å². The van der Waals surface area contributed by atoms with Crippen LogP contribution in [0.3, 0.4) is 0 Å². The summed E-state index contributed by atoms with van der Waals surface area (Å²) in [5, 5.41) is 5.14. The minimum Gasteiger partial charge on any atom is -0.299 e. The number of piperidine rings is 1. The maximum Gasteiger partial charge on any atom is 0.272 e. The molecule has 1 aromatic heterocycles. The first-order valence-corrected chi connectivity index (χ1v) is 9.72. The van der Waals surface area contributed by atoms with Gasteiger partial charge in [0.15, 0.2) is 0 Å². The lowest BCUT2D eigenvalue weighted by molar-refractivity contribution is 0.0954. The van der Waals surface area contributed by atoms with Gasteiger partial charge in [0.05, 0.1) is 11.1 Å². The first kappa shape index (κ1) is 18.3. The van der Waals surface area contributed by atoms with Crippen LogP contribution in [0.15, 0.2) is 72.0 Å². The molecule has 5 heteroatoms. The molecule has 0 atom stereocenters. The molecule has 142 valence electrons. The average molecular weight is 372 g/mol. The number of pyridine rings is 1. The smallest absolute Gasteiger partial charge is 0.272 e. The summed E-state index contributed by atoms with van der Waals surface area (Å²) in [4.78, 5) is 19.1. The highest BCUT2D eigenvalue weighted by Crippen LogP contribution is 2.17. The summed E-state index contributed by atoms with van der Waals surface area (Å²) in [5.41, 5.74) is 5.39. The Hall–Kier alpha value is -3.05. The highest BCUT2D eigenvalue weighted by Gasteiger charge is 2.18. The summed E-state index contributed by atoms with van der Waals surface area (Å²) in [6, 6.07) is 20.2. The summed E-state index contributed by atoms with van der Waals surface area (Å²) in [6.45, 7) is 3.10. The number of hydrazone groups is 1. The molecule has 0 aliphatic carbocycles. The van der Waals surface area contributed by atoms with Crippen LogP contribution < -0.4 is 5.43 Å². The molecular weight excluding hydrogens is 348 g/mol. The first-order valence-electron chi connectivity index (χ1n) is 9.72. The summed E-state index contributed by atoms with van der Waals surface area (Å²) < 4.78 is 0. The number of amides is 1. The van der Waals surface area contributed by atoms with E-state index >= 15 is 0 Å². The van der Waals surface area contributed by atoms with Gasteiger partial charge in [0.25, 0.3) is 5.91 Å². The third kappa shape index (κ3) is 4.61. The fourth-order valence-corrected chi connectivity index (χ4v) is 3.56. The number of hydrogen-bond acceptors (Lipinski definition) is 4. The van der Waals surface area contributed by atoms with Crippen molar-refractivity contribution in [2.24, 2.45) is 11.0 Å². The van der Waals surface area contributed by atoms with Gasteiger partial charge in [-0.3, -0.25) is 14.7 Å². The molecule has 3 aromatic rings. The first-order chi connectivity index (χ1) is 13.8. The van der Waals surface area contributed by atoms with Crippen LogP contribution in [0.25, 0.3) is 10.9 Å². The van der Waals surface area contributed by atoms with Crippen LogP contribution >= 0.6 is 0 Å². The molecule has 1 N–H and O–H groups in total. The van der Waals surface area contributed by atoms with Crippen molar-refractivity contribution in [1.82, 2.24) is 15.3 Å². The normalized spacial score (nSPS) is 15.9. The molecule has 0 unspecified atom stereocenters. The Kier molecular flexibility index (Phi) is 5.73. The average Bonchev–Trinajstić information content (AvgIpc) is 2.75. The van der Waals surface area contributed by atoms with Gasteiger partial charge >= 0.3 is 0 Å². The quantitative estimate of drug-likeness (QED) is 0.546. The fourth-order valence-electron chi connectivity index (χ4n) is 3.56. The third-order valence-electron chi connectivity index (χ3n) is 5.19. The summed E-state index contributed by atoms with van der Waals surface area (Å²) in [5.74, 6) is 0.179. The molecule has 0 bridgehead atoms. The van der Waals surface area contributed by atoms with E-state index in [1.807, 2.05) is 36.5 Å². The number of carbonyl (C=O) groups excluding carboxylic acids is 1. The van der Waals surface area contributed by atoms with Crippen molar-refractivity contribution in [3.63, 3.8) is 0 Å². The van der Waals surface area contributed by atoms with E-state index in [4.69, 9.17) is 0 Å². The number of hydrogen-bond donors (Lipinski definition) is 1. The zero-order valence-electron chi connectivity index (χ0n) is 15.8. The SMILES string of the molecule is O=C(NN=CC1CCN(Cc2ccccc2)CC1)c1cnc2ccccc2c1. The zero-order chi connectivity index (χ0) is 19.2. The molecule has 0 saturated carbocycles. The highest BCUT2D eigenvalue weighted by molar-refractivity contribution is 5.97. The molecule has 1 amide bonds. The van der Waals surface area contributed by atoms with Gasteiger partial charge in [-0.2, -0.15) is 5.10 Å². The second-order valence-electron chi connectivity index (χ2n) is 7.23. The number of likely N-dealkylation sites (tertiary alicyclic amines) is 1. The number of benzene rings is 2. The Labute approximate surface area is 165 Å². The lowest BCUT2D eigenvalue weighted by atomic mass is 9.98. The van der Waals surface area contributed by atoms with Crippen molar-refractivity contribution >= 4 is 23.0 Å². The minimum absolute atomic E-state index is 0.226. The van der Waals surface area contributed by atoms with E-state index in [1.54, 1.807) is 6.20 Å². The number of para-hydroxylation sites is 1. The number of nitrogens with zero attached hydrogens (tertiary/aromatic N) is 3.